The van der Waals surface area contributed by atoms with Crippen molar-refractivity contribution in [3.8, 4) is 0 Å². The fourth-order valence-electron chi connectivity index (χ4n) is 1.64. The van der Waals surface area contributed by atoms with Gasteiger partial charge < -0.3 is 0 Å². The van der Waals surface area contributed by atoms with Crippen molar-refractivity contribution < 1.29 is 0 Å². The summed E-state index contributed by atoms with van der Waals surface area (Å²) in [5.74, 6) is 0.678. The zero-order valence-corrected chi connectivity index (χ0v) is 10.5. The quantitative estimate of drug-likeness (QED) is 0.563. The number of pyridine rings is 1. The molecule has 0 radical (unpaired) electrons. The molecule has 0 bridgehead atoms. The molecule has 0 aromatic carbocycles. The van der Waals surface area contributed by atoms with Crippen LogP contribution >= 0.6 is 0 Å². The van der Waals surface area contributed by atoms with Gasteiger partial charge >= 0.3 is 0 Å². The molecule has 0 saturated heterocycles. The molecule has 2 rings (SSSR count). The molecule has 1 aliphatic rings. The van der Waals surface area contributed by atoms with Gasteiger partial charge in [-0.1, -0.05) is 18.7 Å². The van der Waals surface area contributed by atoms with E-state index >= 15 is 0 Å². The van der Waals surface area contributed by atoms with Crippen LogP contribution in [-0.4, -0.2) is 10.7 Å². The van der Waals surface area contributed by atoms with E-state index in [1.807, 2.05) is 32.2 Å². The molecule has 17 heavy (non-hydrogen) atoms. The first-order valence-corrected chi connectivity index (χ1v) is 6.01. The van der Waals surface area contributed by atoms with E-state index in [2.05, 4.69) is 28.7 Å². The van der Waals surface area contributed by atoms with Crippen molar-refractivity contribution in [3.05, 3.63) is 48.4 Å². The molecular weight excluding hydrogens is 208 g/mol. The molecule has 0 aliphatic heterocycles. The number of rotatable bonds is 4. The Balaban J connectivity index is 2.30. The van der Waals surface area contributed by atoms with Gasteiger partial charge in [-0.15, -0.1) is 0 Å². The highest BCUT2D eigenvalue weighted by Crippen LogP contribution is 2.39. The highest BCUT2D eigenvalue weighted by Gasteiger charge is 2.24. The average Bonchev–Trinajstić information content (AvgIpc) is 3.14. The number of aromatic nitrogens is 1. The van der Waals surface area contributed by atoms with Crippen LogP contribution in [0.4, 0.5) is 0 Å². The van der Waals surface area contributed by atoms with Crippen LogP contribution < -0.4 is 0 Å². The van der Waals surface area contributed by atoms with Crippen LogP contribution in [0.15, 0.2) is 42.0 Å². The molecule has 0 amide bonds. The molecule has 1 saturated carbocycles. The molecule has 88 valence electrons. The first-order valence-electron chi connectivity index (χ1n) is 6.01. The number of hydrogen-bond donors (Lipinski definition) is 0. The highest BCUT2D eigenvalue weighted by atomic mass is 14.8. The SMILES string of the molecule is C=C/C(=C\N=C(C)C)c1cccc(C2CC2)n1. The third kappa shape index (κ3) is 3.13. The topological polar surface area (TPSA) is 25.2 Å². The molecule has 2 nitrogen and oxygen atoms in total. The average molecular weight is 226 g/mol. The minimum Gasteiger partial charge on any atom is -0.266 e. The Morgan fingerprint density at radius 3 is 2.76 bits per heavy atom. The van der Waals surface area contributed by atoms with E-state index in [0.29, 0.717) is 5.92 Å². The Bertz CT molecular complexity index is 475. The van der Waals surface area contributed by atoms with E-state index in [4.69, 9.17) is 0 Å². The molecular formula is C15H18N2. The summed E-state index contributed by atoms with van der Waals surface area (Å²) in [6.45, 7) is 7.78. The maximum absolute atomic E-state index is 4.68. The van der Waals surface area contributed by atoms with Gasteiger partial charge in [0.05, 0.1) is 5.69 Å². The molecule has 1 fully saturated rings. The largest absolute Gasteiger partial charge is 0.266 e. The number of allylic oxidation sites excluding steroid dienone is 2. The molecule has 1 heterocycles. The first kappa shape index (κ1) is 11.8. The van der Waals surface area contributed by atoms with Crippen molar-refractivity contribution in [2.75, 3.05) is 0 Å². The lowest BCUT2D eigenvalue weighted by Crippen LogP contribution is -1.92. The number of aliphatic imine (C=N–C) groups is 1. The van der Waals surface area contributed by atoms with Crippen LogP contribution in [0.5, 0.6) is 0 Å². The van der Waals surface area contributed by atoms with Crippen molar-refractivity contribution in [2.24, 2.45) is 4.99 Å². The van der Waals surface area contributed by atoms with Gasteiger partial charge in [0.2, 0.25) is 0 Å². The van der Waals surface area contributed by atoms with Crippen LogP contribution in [0.3, 0.4) is 0 Å². The second-order valence-corrected chi connectivity index (χ2v) is 4.59. The van der Waals surface area contributed by atoms with Crippen molar-refractivity contribution in [2.45, 2.75) is 32.6 Å². The van der Waals surface area contributed by atoms with Crippen LogP contribution in [0, 0.1) is 0 Å². The zero-order chi connectivity index (χ0) is 12.3. The molecule has 0 spiro atoms. The fourth-order valence-corrected chi connectivity index (χ4v) is 1.64. The summed E-state index contributed by atoms with van der Waals surface area (Å²) in [7, 11) is 0. The van der Waals surface area contributed by atoms with Gasteiger partial charge in [-0.05, 0) is 38.8 Å². The van der Waals surface area contributed by atoms with Gasteiger partial charge in [-0.2, -0.15) is 0 Å². The van der Waals surface area contributed by atoms with Gasteiger partial charge in [-0.3, -0.25) is 9.98 Å². The van der Waals surface area contributed by atoms with Gasteiger partial charge in [0.15, 0.2) is 0 Å². The van der Waals surface area contributed by atoms with Gasteiger partial charge in [0.1, 0.15) is 0 Å². The summed E-state index contributed by atoms with van der Waals surface area (Å²) >= 11 is 0. The van der Waals surface area contributed by atoms with Crippen LogP contribution in [0.2, 0.25) is 0 Å². The second kappa shape index (κ2) is 5.09. The van der Waals surface area contributed by atoms with Crippen LogP contribution in [0.1, 0.15) is 44.0 Å². The van der Waals surface area contributed by atoms with E-state index < -0.39 is 0 Å². The highest BCUT2D eigenvalue weighted by molar-refractivity contribution is 5.81. The normalized spacial score (nSPS) is 15.5. The van der Waals surface area contributed by atoms with Gasteiger partial charge in [-0.25, -0.2) is 0 Å². The summed E-state index contributed by atoms with van der Waals surface area (Å²) in [5.41, 5.74) is 4.18. The molecule has 1 aromatic heterocycles. The summed E-state index contributed by atoms with van der Waals surface area (Å²) in [6.07, 6.45) is 6.19. The monoisotopic (exact) mass is 226 g/mol. The smallest absolute Gasteiger partial charge is 0.0720 e. The molecule has 1 aliphatic carbocycles. The first-order chi connectivity index (χ1) is 8.20. The molecule has 0 unspecified atom stereocenters. The van der Waals surface area contributed by atoms with Crippen molar-refractivity contribution in [1.82, 2.24) is 4.98 Å². The summed E-state index contributed by atoms with van der Waals surface area (Å²) < 4.78 is 0. The predicted molar refractivity (Wildman–Crippen MR) is 73.2 cm³/mol. The third-order valence-electron chi connectivity index (χ3n) is 2.74. The lowest BCUT2D eigenvalue weighted by Gasteiger charge is -2.03. The summed E-state index contributed by atoms with van der Waals surface area (Å²) in [6, 6.07) is 6.19. The van der Waals surface area contributed by atoms with Crippen LogP contribution in [-0.2, 0) is 0 Å². The fraction of sp³-hybridized carbons (Fsp3) is 0.333. The van der Waals surface area contributed by atoms with Crippen LogP contribution in [0.25, 0.3) is 5.57 Å². The van der Waals surface area contributed by atoms with E-state index in [-0.39, 0.29) is 0 Å². The van der Waals surface area contributed by atoms with E-state index in [1.54, 1.807) is 0 Å². The Hall–Kier alpha value is -1.70. The lowest BCUT2D eigenvalue weighted by molar-refractivity contribution is 1.01. The van der Waals surface area contributed by atoms with Crippen molar-refractivity contribution in [3.63, 3.8) is 0 Å². The maximum atomic E-state index is 4.68. The van der Waals surface area contributed by atoms with Crippen molar-refractivity contribution >= 4 is 11.3 Å². The lowest BCUT2D eigenvalue weighted by atomic mass is 10.1. The molecule has 1 aromatic rings. The minimum atomic E-state index is 0.678. The molecule has 2 heteroatoms. The third-order valence-corrected chi connectivity index (χ3v) is 2.74. The molecule has 0 N–H and O–H groups in total. The maximum Gasteiger partial charge on any atom is 0.0720 e. The summed E-state index contributed by atoms with van der Waals surface area (Å²) in [4.78, 5) is 8.98. The predicted octanol–water partition coefficient (Wildman–Crippen LogP) is 3.97. The second-order valence-electron chi connectivity index (χ2n) is 4.59. The van der Waals surface area contributed by atoms with E-state index in [0.717, 1.165) is 17.0 Å². The Morgan fingerprint density at radius 1 is 1.41 bits per heavy atom. The zero-order valence-electron chi connectivity index (χ0n) is 10.5. The van der Waals surface area contributed by atoms with E-state index in [9.17, 15) is 0 Å². The molecule has 0 atom stereocenters. The standard InChI is InChI=1S/C15H18N2/c1-4-12(10-16-11(2)3)14-6-5-7-15(17-14)13-8-9-13/h4-7,10,13H,1,8-9H2,2-3H3/b12-10+. The number of nitrogens with zero attached hydrogens (tertiary/aromatic N) is 2. The van der Waals surface area contributed by atoms with Crippen molar-refractivity contribution in [1.29, 1.82) is 0 Å². The minimum absolute atomic E-state index is 0.678. The number of hydrogen-bond acceptors (Lipinski definition) is 2. The van der Waals surface area contributed by atoms with Gasteiger partial charge in [0.25, 0.3) is 0 Å². The summed E-state index contributed by atoms with van der Waals surface area (Å²) in [5, 5.41) is 0. The Morgan fingerprint density at radius 2 is 2.18 bits per heavy atom. The Kier molecular flexibility index (Phi) is 3.52. The van der Waals surface area contributed by atoms with E-state index in [1.165, 1.54) is 18.5 Å². The Labute approximate surface area is 103 Å². The van der Waals surface area contributed by atoms with Gasteiger partial charge in [0, 0.05) is 29.1 Å².